The van der Waals surface area contributed by atoms with Crippen LogP contribution >= 0.6 is 0 Å². The van der Waals surface area contributed by atoms with E-state index in [4.69, 9.17) is 15.7 Å². The van der Waals surface area contributed by atoms with Crippen LogP contribution in [0.1, 0.15) is 42.2 Å². The second-order valence-corrected chi connectivity index (χ2v) is 4.49. The van der Waals surface area contributed by atoms with Crippen LogP contribution in [0.2, 0.25) is 0 Å². The molecule has 0 fully saturated rings. The Morgan fingerprint density at radius 2 is 2.19 bits per heavy atom. The molecule has 1 amide bonds. The zero-order valence-electron chi connectivity index (χ0n) is 12.2. The topological polar surface area (TPSA) is 110 Å². The van der Waals surface area contributed by atoms with Gasteiger partial charge >= 0.3 is 0 Å². The summed E-state index contributed by atoms with van der Waals surface area (Å²) in [5, 5.41) is 14.2. The lowest BCUT2D eigenvalue weighted by atomic mass is 10.2. The maximum absolute atomic E-state index is 11.8. The van der Waals surface area contributed by atoms with E-state index in [1.54, 1.807) is 6.07 Å². The van der Waals surface area contributed by atoms with E-state index in [9.17, 15) is 4.79 Å². The number of carbonyl (C=O) groups is 1. The molecule has 0 aliphatic rings. The monoisotopic (exact) mass is 294 g/mol. The summed E-state index contributed by atoms with van der Waals surface area (Å²) >= 11 is 0. The fourth-order valence-electron chi connectivity index (χ4n) is 1.55. The Morgan fingerprint density at radius 1 is 1.43 bits per heavy atom. The molecule has 0 spiro atoms. The highest BCUT2D eigenvalue weighted by atomic mass is 16.5. The minimum absolute atomic E-state index is 0.0429. The molecule has 7 nitrogen and oxygen atoms in total. The molecule has 0 saturated carbocycles. The van der Waals surface area contributed by atoms with Crippen molar-refractivity contribution in [1.82, 2.24) is 10.3 Å². The largest absolute Gasteiger partial charge is 0.409 e. The van der Waals surface area contributed by atoms with Crippen molar-refractivity contribution in [3.05, 3.63) is 29.6 Å². The van der Waals surface area contributed by atoms with Crippen molar-refractivity contribution in [2.45, 2.75) is 26.2 Å². The van der Waals surface area contributed by atoms with Gasteiger partial charge in [-0.25, -0.2) is 0 Å². The van der Waals surface area contributed by atoms with Crippen molar-refractivity contribution in [1.29, 1.82) is 0 Å². The van der Waals surface area contributed by atoms with Gasteiger partial charge < -0.3 is 21.0 Å². The van der Waals surface area contributed by atoms with Gasteiger partial charge in [-0.3, -0.25) is 9.78 Å². The molecule has 116 valence electrons. The number of unbranched alkanes of at least 4 members (excludes halogenated alkanes) is 1. The smallest absolute Gasteiger partial charge is 0.269 e. The minimum Gasteiger partial charge on any atom is -0.409 e. The van der Waals surface area contributed by atoms with Crippen LogP contribution < -0.4 is 11.1 Å². The molecule has 0 aliphatic carbocycles. The highest BCUT2D eigenvalue weighted by molar-refractivity contribution is 5.98. The molecule has 1 aromatic rings. The molecule has 0 unspecified atom stereocenters. The number of hydrogen-bond acceptors (Lipinski definition) is 5. The summed E-state index contributed by atoms with van der Waals surface area (Å²) in [6.07, 6.45) is 4.32. The van der Waals surface area contributed by atoms with Gasteiger partial charge in [0.1, 0.15) is 5.69 Å². The standard InChI is InChI=1S/C14H22N4O3/c1-2-3-8-21-9-4-7-16-14(19)12-6-5-11(10-17-12)13(15)18-20/h5-6,10,20H,2-4,7-9H2,1H3,(H2,15,18)(H,16,19). The maximum atomic E-state index is 11.8. The highest BCUT2D eigenvalue weighted by Crippen LogP contribution is 2.00. The lowest BCUT2D eigenvalue weighted by molar-refractivity contribution is 0.0935. The number of hydrogen-bond donors (Lipinski definition) is 3. The summed E-state index contributed by atoms with van der Waals surface area (Å²) in [6.45, 7) is 4.05. The molecule has 0 bridgehead atoms. The zero-order valence-corrected chi connectivity index (χ0v) is 12.2. The number of amides is 1. The predicted octanol–water partition coefficient (Wildman–Crippen LogP) is 1.11. The van der Waals surface area contributed by atoms with Crippen molar-refractivity contribution >= 4 is 11.7 Å². The molecule has 7 heteroatoms. The molecule has 0 radical (unpaired) electrons. The number of rotatable bonds is 9. The maximum Gasteiger partial charge on any atom is 0.269 e. The summed E-state index contributed by atoms with van der Waals surface area (Å²) in [6, 6.07) is 3.10. The first kappa shape index (κ1) is 16.9. The highest BCUT2D eigenvalue weighted by Gasteiger charge is 2.07. The number of amidine groups is 1. The van der Waals surface area contributed by atoms with Crippen LogP contribution in [0.25, 0.3) is 0 Å². The third kappa shape index (κ3) is 6.22. The molecule has 0 aromatic carbocycles. The van der Waals surface area contributed by atoms with E-state index >= 15 is 0 Å². The number of pyridine rings is 1. The molecular formula is C14H22N4O3. The van der Waals surface area contributed by atoms with E-state index in [0.717, 1.165) is 25.9 Å². The summed E-state index contributed by atoms with van der Waals surface area (Å²) in [5.74, 6) is -0.298. The van der Waals surface area contributed by atoms with Crippen molar-refractivity contribution in [3.63, 3.8) is 0 Å². The van der Waals surface area contributed by atoms with E-state index in [0.29, 0.717) is 18.7 Å². The van der Waals surface area contributed by atoms with Gasteiger partial charge in [-0.15, -0.1) is 0 Å². The summed E-state index contributed by atoms with van der Waals surface area (Å²) in [7, 11) is 0. The molecule has 0 aliphatic heterocycles. The lowest BCUT2D eigenvalue weighted by Gasteiger charge is -2.06. The first-order valence-corrected chi connectivity index (χ1v) is 6.99. The van der Waals surface area contributed by atoms with Crippen LogP contribution in [0.4, 0.5) is 0 Å². The average Bonchev–Trinajstić information content (AvgIpc) is 2.53. The van der Waals surface area contributed by atoms with Crippen LogP contribution in [0.3, 0.4) is 0 Å². The fraction of sp³-hybridized carbons (Fsp3) is 0.500. The van der Waals surface area contributed by atoms with Crippen LogP contribution in [0.15, 0.2) is 23.5 Å². The second-order valence-electron chi connectivity index (χ2n) is 4.49. The molecule has 0 saturated heterocycles. The van der Waals surface area contributed by atoms with E-state index < -0.39 is 0 Å². The van der Waals surface area contributed by atoms with Gasteiger partial charge in [0.05, 0.1) is 0 Å². The van der Waals surface area contributed by atoms with Gasteiger partial charge in [0.25, 0.3) is 5.91 Å². The number of nitrogens with two attached hydrogens (primary N) is 1. The number of aromatic nitrogens is 1. The molecular weight excluding hydrogens is 272 g/mol. The van der Waals surface area contributed by atoms with Gasteiger partial charge in [0, 0.05) is 31.5 Å². The third-order valence-electron chi connectivity index (χ3n) is 2.79. The van der Waals surface area contributed by atoms with Crippen molar-refractivity contribution < 1.29 is 14.7 Å². The van der Waals surface area contributed by atoms with E-state index in [1.165, 1.54) is 12.3 Å². The normalized spacial score (nSPS) is 11.4. The first-order chi connectivity index (χ1) is 10.2. The quantitative estimate of drug-likeness (QED) is 0.208. The second kappa shape index (κ2) is 9.71. The van der Waals surface area contributed by atoms with Crippen molar-refractivity contribution in [2.24, 2.45) is 10.9 Å². The predicted molar refractivity (Wildman–Crippen MR) is 79.4 cm³/mol. The van der Waals surface area contributed by atoms with Crippen molar-refractivity contribution in [3.8, 4) is 0 Å². The molecule has 1 heterocycles. The fourth-order valence-corrected chi connectivity index (χ4v) is 1.55. The number of nitrogens with zero attached hydrogens (tertiary/aromatic N) is 2. The third-order valence-corrected chi connectivity index (χ3v) is 2.79. The Balaban J connectivity index is 2.29. The Bertz CT molecular complexity index is 460. The summed E-state index contributed by atoms with van der Waals surface area (Å²) in [4.78, 5) is 15.8. The Kier molecular flexibility index (Phi) is 7.81. The average molecular weight is 294 g/mol. The van der Waals surface area contributed by atoms with Crippen LogP contribution in [-0.2, 0) is 4.74 Å². The van der Waals surface area contributed by atoms with Gasteiger partial charge in [-0.1, -0.05) is 18.5 Å². The lowest BCUT2D eigenvalue weighted by Crippen LogP contribution is -2.26. The van der Waals surface area contributed by atoms with Gasteiger partial charge in [-0.05, 0) is 25.0 Å². The van der Waals surface area contributed by atoms with Crippen molar-refractivity contribution in [2.75, 3.05) is 19.8 Å². The van der Waals surface area contributed by atoms with Crippen LogP contribution in [0, 0.1) is 0 Å². The molecule has 1 aromatic heterocycles. The Labute approximate surface area is 124 Å². The molecule has 1 rings (SSSR count). The summed E-state index contributed by atoms with van der Waals surface area (Å²) in [5.41, 5.74) is 6.16. The number of oxime groups is 1. The SMILES string of the molecule is CCCCOCCCNC(=O)c1ccc(/C(N)=N/O)cn1. The van der Waals surface area contributed by atoms with Gasteiger partial charge in [-0.2, -0.15) is 0 Å². The number of nitrogens with one attached hydrogen (secondary N) is 1. The zero-order chi connectivity index (χ0) is 15.5. The Hall–Kier alpha value is -2.15. The Morgan fingerprint density at radius 3 is 2.81 bits per heavy atom. The molecule has 0 atom stereocenters. The number of carbonyl (C=O) groups excluding carboxylic acids is 1. The van der Waals surface area contributed by atoms with Crippen LogP contribution in [0.5, 0.6) is 0 Å². The van der Waals surface area contributed by atoms with E-state index in [1.807, 2.05) is 0 Å². The number of ether oxygens (including phenoxy) is 1. The minimum atomic E-state index is -0.255. The van der Waals surface area contributed by atoms with Gasteiger partial charge in [0.15, 0.2) is 5.84 Å². The van der Waals surface area contributed by atoms with E-state index in [-0.39, 0.29) is 17.4 Å². The first-order valence-electron chi connectivity index (χ1n) is 6.99. The molecule has 4 N–H and O–H groups in total. The summed E-state index contributed by atoms with van der Waals surface area (Å²) < 4.78 is 5.40. The van der Waals surface area contributed by atoms with Crippen LogP contribution in [-0.4, -0.2) is 41.7 Å². The van der Waals surface area contributed by atoms with Gasteiger partial charge in [0.2, 0.25) is 0 Å². The molecule has 21 heavy (non-hydrogen) atoms. The van der Waals surface area contributed by atoms with E-state index in [2.05, 4.69) is 22.4 Å².